The second-order valence-electron chi connectivity index (χ2n) is 10.5. The number of pyridine rings is 3. The maximum atomic E-state index is 15.0. The Morgan fingerprint density at radius 3 is 2.82 bits per heavy atom. The van der Waals surface area contributed by atoms with E-state index < -0.39 is 5.82 Å². The summed E-state index contributed by atoms with van der Waals surface area (Å²) in [5, 5.41) is 18.2. The first-order chi connectivity index (χ1) is 18.9. The molecule has 3 N–H and O–H groups in total. The molecule has 2 saturated heterocycles. The van der Waals surface area contributed by atoms with Gasteiger partial charge in [0.1, 0.15) is 5.82 Å². The van der Waals surface area contributed by atoms with Crippen LogP contribution in [0, 0.1) is 5.82 Å². The van der Waals surface area contributed by atoms with E-state index in [1.165, 1.54) is 23.0 Å². The molecule has 204 valence electrons. The molecule has 7 rings (SSSR count). The number of hydrogen-bond donors (Lipinski definition) is 3. The fourth-order valence-electron chi connectivity index (χ4n) is 5.89. The number of aromatic nitrogens is 3. The van der Waals surface area contributed by atoms with Gasteiger partial charge in [0.25, 0.3) is 11.5 Å². The molecule has 3 aromatic heterocycles. The summed E-state index contributed by atoms with van der Waals surface area (Å²) >= 11 is 0. The highest BCUT2D eigenvalue weighted by Gasteiger charge is 2.49. The van der Waals surface area contributed by atoms with E-state index in [9.17, 15) is 9.59 Å². The number of carbonyl (C=O) groups is 1. The molecule has 0 radical (unpaired) electrons. The Hall–Kier alpha value is -3.90. The molecule has 39 heavy (non-hydrogen) atoms. The minimum absolute atomic E-state index is 0.00325. The van der Waals surface area contributed by atoms with Crippen molar-refractivity contribution in [2.75, 3.05) is 18.5 Å². The fraction of sp³-hybridized carbons (Fsp3) is 0.444. The summed E-state index contributed by atoms with van der Waals surface area (Å²) in [5.74, 6) is 0.318. The molecule has 1 amide bonds. The molecule has 6 heterocycles. The van der Waals surface area contributed by atoms with Gasteiger partial charge < -0.3 is 29.9 Å². The summed E-state index contributed by atoms with van der Waals surface area (Å²) in [6, 6.07) is 6.66. The van der Waals surface area contributed by atoms with Crippen LogP contribution in [0.2, 0.25) is 0 Å². The fourth-order valence-corrected chi connectivity index (χ4v) is 5.89. The van der Waals surface area contributed by atoms with E-state index in [2.05, 4.69) is 25.8 Å². The Kier molecular flexibility index (Phi) is 6.51. The van der Waals surface area contributed by atoms with Crippen molar-refractivity contribution in [3.63, 3.8) is 0 Å². The number of anilines is 1. The summed E-state index contributed by atoms with van der Waals surface area (Å²) < 4.78 is 28.2. The molecule has 12 heteroatoms. The van der Waals surface area contributed by atoms with Gasteiger partial charge in [-0.25, -0.2) is 9.37 Å². The van der Waals surface area contributed by atoms with E-state index in [-0.39, 0.29) is 35.8 Å². The third-order valence-corrected chi connectivity index (χ3v) is 8.18. The molecule has 2 bridgehead atoms. The molecule has 3 fully saturated rings. The minimum Gasteiger partial charge on any atom is -0.480 e. The maximum absolute atomic E-state index is 15.0. The Labute approximate surface area is 223 Å². The Balaban J connectivity index is 1.13. The number of nitrogens with zero attached hydrogens (tertiary/aromatic N) is 4. The SMILES string of the molecule is O=C1COc2ccc(CNC34CCC(CCc5c(F)cnc6ccc(=O)n(C/C=N/O)c56)(CC3)OC4)nc2N1. The third kappa shape index (κ3) is 4.85. The summed E-state index contributed by atoms with van der Waals surface area (Å²) in [7, 11) is 0. The summed E-state index contributed by atoms with van der Waals surface area (Å²) in [6.07, 6.45) is 6.86. The van der Waals surface area contributed by atoms with E-state index >= 15 is 4.39 Å². The Morgan fingerprint density at radius 1 is 1.21 bits per heavy atom. The van der Waals surface area contributed by atoms with Gasteiger partial charge in [0.05, 0.1) is 47.9 Å². The lowest BCUT2D eigenvalue weighted by atomic mass is 9.69. The van der Waals surface area contributed by atoms with Crippen molar-refractivity contribution in [2.45, 2.75) is 62.8 Å². The Bertz CT molecular complexity index is 1500. The number of carbonyl (C=O) groups excluding carboxylic acids is 1. The molecule has 0 aromatic carbocycles. The van der Waals surface area contributed by atoms with Gasteiger partial charge in [0.2, 0.25) is 0 Å². The standard InChI is InChI=1S/C27H29FN6O5/c28-19-14-29-20-2-4-23(36)34(12-11-31-37)24(20)18(19)5-6-27-9-7-26(8-10-27,16-39-27)30-13-17-1-3-21-25(32-17)33-22(35)15-38-21/h1-4,11,14,30,37H,5-10,12-13,15-16H2,(H,32,33,35)/b31-11+. The number of hydrogen-bond acceptors (Lipinski definition) is 9. The molecule has 1 aliphatic carbocycles. The van der Waals surface area contributed by atoms with Crippen LogP contribution in [-0.4, -0.2) is 56.2 Å². The van der Waals surface area contributed by atoms with Crippen LogP contribution in [0.4, 0.5) is 10.2 Å². The summed E-state index contributed by atoms with van der Waals surface area (Å²) in [5.41, 5.74) is 1.29. The second-order valence-corrected chi connectivity index (χ2v) is 10.5. The average Bonchev–Trinajstić information content (AvgIpc) is 2.96. The molecular formula is C27H29FN6O5. The van der Waals surface area contributed by atoms with Gasteiger partial charge in [-0.15, -0.1) is 5.16 Å². The Morgan fingerprint density at radius 2 is 2.05 bits per heavy atom. The number of halogens is 1. The van der Waals surface area contributed by atoms with Gasteiger partial charge in [0.15, 0.2) is 18.2 Å². The number of amides is 1. The maximum Gasteiger partial charge on any atom is 0.263 e. The van der Waals surface area contributed by atoms with Gasteiger partial charge in [-0.2, -0.15) is 0 Å². The second kappa shape index (κ2) is 10.0. The van der Waals surface area contributed by atoms with Crippen LogP contribution in [-0.2, 0) is 29.0 Å². The zero-order chi connectivity index (χ0) is 27.0. The van der Waals surface area contributed by atoms with Crippen LogP contribution in [0.25, 0.3) is 11.0 Å². The van der Waals surface area contributed by atoms with Crippen molar-refractivity contribution in [1.29, 1.82) is 0 Å². The number of nitrogens with one attached hydrogen (secondary N) is 2. The van der Waals surface area contributed by atoms with Gasteiger partial charge >= 0.3 is 0 Å². The number of ether oxygens (including phenoxy) is 2. The highest BCUT2D eigenvalue weighted by atomic mass is 19.1. The van der Waals surface area contributed by atoms with E-state index in [1.54, 1.807) is 6.07 Å². The molecule has 0 spiro atoms. The summed E-state index contributed by atoms with van der Waals surface area (Å²) in [4.78, 5) is 32.8. The van der Waals surface area contributed by atoms with Crippen molar-refractivity contribution >= 4 is 29.0 Å². The zero-order valence-electron chi connectivity index (χ0n) is 21.3. The molecule has 1 saturated carbocycles. The first kappa shape index (κ1) is 25.4. The van der Waals surface area contributed by atoms with Crippen LogP contribution >= 0.6 is 0 Å². The molecule has 0 unspecified atom stereocenters. The molecular weight excluding hydrogens is 507 g/mol. The first-order valence-electron chi connectivity index (χ1n) is 13.0. The molecule has 4 aliphatic rings. The van der Waals surface area contributed by atoms with Crippen molar-refractivity contribution in [1.82, 2.24) is 19.9 Å². The number of oxime groups is 1. The number of rotatable bonds is 8. The van der Waals surface area contributed by atoms with Crippen molar-refractivity contribution in [2.24, 2.45) is 5.16 Å². The van der Waals surface area contributed by atoms with Crippen LogP contribution in [0.1, 0.15) is 43.4 Å². The van der Waals surface area contributed by atoms with Crippen LogP contribution < -0.4 is 20.9 Å². The van der Waals surface area contributed by atoms with Crippen LogP contribution in [0.15, 0.2) is 40.4 Å². The molecule has 11 nitrogen and oxygen atoms in total. The highest BCUT2D eigenvalue weighted by molar-refractivity contribution is 5.94. The van der Waals surface area contributed by atoms with Gasteiger partial charge in [-0.05, 0) is 56.7 Å². The van der Waals surface area contributed by atoms with Gasteiger partial charge in [-0.1, -0.05) is 0 Å². The molecule has 3 aliphatic heterocycles. The van der Waals surface area contributed by atoms with Gasteiger partial charge in [0, 0.05) is 23.7 Å². The third-order valence-electron chi connectivity index (χ3n) is 8.18. The van der Waals surface area contributed by atoms with E-state index in [1.807, 2.05) is 12.1 Å². The van der Waals surface area contributed by atoms with E-state index in [0.717, 1.165) is 31.4 Å². The van der Waals surface area contributed by atoms with E-state index in [4.69, 9.17) is 14.7 Å². The smallest absolute Gasteiger partial charge is 0.263 e. The quantitative estimate of drug-likeness (QED) is 0.227. The van der Waals surface area contributed by atoms with Crippen LogP contribution in [0.3, 0.4) is 0 Å². The summed E-state index contributed by atoms with van der Waals surface area (Å²) in [6.45, 7) is 1.08. The predicted molar refractivity (Wildman–Crippen MR) is 140 cm³/mol. The predicted octanol–water partition coefficient (Wildman–Crippen LogP) is 2.53. The molecule has 0 atom stereocenters. The number of fused-ring (bicyclic) bond motifs is 5. The van der Waals surface area contributed by atoms with Gasteiger partial charge in [-0.3, -0.25) is 14.6 Å². The highest BCUT2D eigenvalue weighted by Crippen LogP contribution is 2.46. The minimum atomic E-state index is -0.471. The topological polar surface area (TPSA) is 140 Å². The van der Waals surface area contributed by atoms with Crippen LogP contribution in [0.5, 0.6) is 5.75 Å². The monoisotopic (exact) mass is 536 g/mol. The zero-order valence-corrected chi connectivity index (χ0v) is 21.3. The van der Waals surface area contributed by atoms with Crippen molar-refractivity contribution in [3.8, 4) is 5.75 Å². The van der Waals surface area contributed by atoms with E-state index in [0.29, 0.717) is 54.2 Å². The normalized spacial score (nSPS) is 24.1. The first-order valence-corrected chi connectivity index (χ1v) is 13.0. The lowest BCUT2D eigenvalue weighted by Gasteiger charge is -2.53. The van der Waals surface area contributed by atoms with Crippen molar-refractivity contribution < 1.29 is 23.9 Å². The number of aryl methyl sites for hydroxylation is 1. The largest absolute Gasteiger partial charge is 0.480 e. The molecule has 3 aromatic rings. The van der Waals surface area contributed by atoms with Crippen molar-refractivity contribution in [3.05, 3.63) is 57.9 Å². The lowest BCUT2D eigenvalue weighted by Crippen LogP contribution is -2.61. The average molecular weight is 537 g/mol. The lowest BCUT2D eigenvalue weighted by molar-refractivity contribution is -0.165.